The zero-order chi connectivity index (χ0) is 17.0. The minimum absolute atomic E-state index is 0.0508. The molecule has 0 aliphatic carbocycles. The summed E-state index contributed by atoms with van der Waals surface area (Å²) in [6, 6.07) is 3.60. The third-order valence-corrected chi connectivity index (χ3v) is 4.57. The summed E-state index contributed by atoms with van der Waals surface area (Å²) >= 11 is 0. The van der Waals surface area contributed by atoms with Crippen LogP contribution in [0.4, 0.5) is 5.69 Å². The molecule has 0 bridgehead atoms. The summed E-state index contributed by atoms with van der Waals surface area (Å²) in [6.07, 6.45) is 3.61. The lowest BCUT2D eigenvalue weighted by Crippen LogP contribution is -2.47. The molecule has 2 heterocycles. The van der Waals surface area contributed by atoms with Crippen LogP contribution in [0.15, 0.2) is 24.5 Å². The lowest BCUT2D eigenvalue weighted by atomic mass is 9.91. The van der Waals surface area contributed by atoms with Gasteiger partial charge in [0.2, 0.25) is 5.91 Å². The highest BCUT2D eigenvalue weighted by Gasteiger charge is 2.54. The molecule has 0 fully saturated rings. The molecule has 5 heteroatoms. The first kappa shape index (κ1) is 15.7. The summed E-state index contributed by atoms with van der Waals surface area (Å²) in [6.45, 7) is 7.76. The molecular weight excluding hydrogens is 294 g/mol. The molecule has 0 radical (unpaired) electrons. The van der Waals surface area contributed by atoms with Gasteiger partial charge in [-0.25, -0.2) is 0 Å². The average molecular weight is 317 g/mol. The standard InChI is InChI=1S/C18H23NO4/c1-17(2,3)16(20)19-12-10-14(22-6)13(21-5)9-11(12)18(4)15(19)7-8-23-18/h7-10,15H,1-6H3/t15-,18-/m0/s1. The number of ether oxygens (including phenoxy) is 3. The van der Waals surface area contributed by atoms with Crippen molar-refractivity contribution < 1.29 is 19.0 Å². The fourth-order valence-corrected chi connectivity index (χ4v) is 3.28. The predicted octanol–water partition coefficient (Wildman–Crippen LogP) is 3.22. The molecule has 5 nitrogen and oxygen atoms in total. The molecule has 0 aromatic heterocycles. The van der Waals surface area contributed by atoms with E-state index in [4.69, 9.17) is 14.2 Å². The van der Waals surface area contributed by atoms with Gasteiger partial charge in [0.25, 0.3) is 0 Å². The first-order valence-electron chi connectivity index (χ1n) is 7.68. The van der Waals surface area contributed by atoms with Crippen molar-refractivity contribution in [3.05, 3.63) is 30.0 Å². The van der Waals surface area contributed by atoms with E-state index in [9.17, 15) is 4.79 Å². The molecule has 0 unspecified atom stereocenters. The van der Waals surface area contributed by atoms with Crippen LogP contribution in [0.5, 0.6) is 11.5 Å². The summed E-state index contributed by atoms with van der Waals surface area (Å²) in [4.78, 5) is 14.9. The van der Waals surface area contributed by atoms with Gasteiger partial charge in [0.15, 0.2) is 17.1 Å². The summed E-state index contributed by atoms with van der Waals surface area (Å²) in [5.74, 6) is 1.28. The van der Waals surface area contributed by atoms with E-state index in [1.165, 1.54) is 0 Å². The summed E-state index contributed by atoms with van der Waals surface area (Å²) < 4.78 is 16.7. The fourth-order valence-electron chi connectivity index (χ4n) is 3.28. The average Bonchev–Trinajstić information content (AvgIpc) is 2.97. The van der Waals surface area contributed by atoms with Gasteiger partial charge in [-0.2, -0.15) is 0 Å². The maximum atomic E-state index is 13.0. The third kappa shape index (κ3) is 2.10. The van der Waals surface area contributed by atoms with Crippen molar-refractivity contribution in [2.75, 3.05) is 19.1 Å². The van der Waals surface area contributed by atoms with Gasteiger partial charge in [-0.15, -0.1) is 0 Å². The molecule has 2 atom stereocenters. The molecule has 1 amide bonds. The van der Waals surface area contributed by atoms with Gasteiger partial charge in [-0.3, -0.25) is 9.69 Å². The summed E-state index contributed by atoms with van der Waals surface area (Å²) in [5.41, 5.74) is 0.657. The smallest absolute Gasteiger partial charge is 0.233 e. The van der Waals surface area contributed by atoms with Crippen LogP contribution in [0.1, 0.15) is 33.3 Å². The number of carbonyl (C=O) groups is 1. The van der Waals surface area contributed by atoms with E-state index >= 15 is 0 Å². The van der Waals surface area contributed by atoms with Crippen LogP contribution in [0.3, 0.4) is 0 Å². The molecular formula is C18H23NO4. The first-order chi connectivity index (χ1) is 10.7. The minimum atomic E-state index is -0.601. The Kier molecular flexibility index (Phi) is 3.36. The van der Waals surface area contributed by atoms with Gasteiger partial charge in [-0.1, -0.05) is 20.8 Å². The van der Waals surface area contributed by atoms with Crippen molar-refractivity contribution in [2.24, 2.45) is 5.41 Å². The Morgan fingerprint density at radius 3 is 2.39 bits per heavy atom. The second-order valence-corrected chi connectivity index (χ2v) is 7.15. The molecule has 1 aromatic carbocycles. The molecule has 3 rings (SSSR count). The topological polar surface area (TPSA) is 48.0 Å². The largest absolute Gasteiger partial charge is 0.493 e. The highest BCUT2D eigenvalue weighted by Crippen LogP contribution is 2.53. The number of benzene rings is 1. The van der Waals surface area contributed by atoms with Crippen LogP contribution in [-0.4, -0.2) is 26.2 Å². The Morgan fingerprint density at radius 1 is 1.22 bits per heavy atom. The number of carbonyl (C=O) groups excluding carboxylic acids is 1. The van der Waals surface area contributed by atoms with E-state index < -0.39 is 11.0 Å². The van der Waals surface area contributed by atoms with Crippen molar-refractivity contribution in [3.8, 4) is 11.5 Å². The van der Waals surface area contributed by atoms with Gasteiger partial charge < -0.3 is 14.2 Å². The van der Waals surface area contributed by atoms with Gasteiger partial charge in [-0.05, 0) is 19.1 Å². The molecule has 0 saturated carbocycles. The van der Waals surface area contributed by atoms with Gasteiger partial charge in [0.1, 0.15) is 6.04 Å². The second-order valence-electron chi connectivity index (χ2n) is 7.15. The van der Waals surface area contributed by atoms with Crippen LogP contribution < -0.4 is 14.4 Å². The van der Waals surface area contributed by atoms with E-state index in [0.717, 1.165) is 11.3 Å². The monoisotopic (exact) mass is 317 g/mol. The number of nitrogens with zero attached hydrogens (tertiary/aromatic N) is 1. The molecule has 0 spiro atoms. The van der Waals surface area contributed by atoms with Crippen molar-refractivity contribution in [3.63, 3.8) is 0 Å². The highest BCUT2D eigenvalue weighted by molar-refractivity contribution is 6.01. The maximum Gasteiger partial charge on any atom is 0.233 e. The molecule has 0 N–H and O–H groups in total. The van der Waals surface area contributed by atoms with E-state index in [1.807, 2.05) is 50.8 Å². The first-order valence-corrected chi connectivity index (χ1v) is 7.68. The number of methoxy groups -OCH3 is 2. The van der Waals surface area contributed by atoms with Crippen molar-refractivity contribution in [1.82, 2.24) is 0 Å². The number of hydrogen-bond acceptors (Lipinski definition) is 4. The van der Waals surface area contributed by atoms with E-state index in [2.05, 4.69) is 0 Å². The summed E-state index contributed by atoms with van der Waals surface area (Å²) in [5, 5.41) is 0. The molecule has 23 heavy (non-hydrogen) atoms. The molecule has 124 valence electrons. The minimum Gasteiger partial charge on any atom is -0.493 e. The van der Waals surface area contributed by atoms with Crippen LogP contribution in [0, 0.1) is 5.41 Å². The van der Waals surface area contributed by atoms with Crippen molar-refractivity contribution >= 4 is 11.6 Å². The number of amides is 1. The highest BCUT2D eigenvalue weighted by atomic mass is 16.5. The summed E-state index contributed by atoms with van der Waals surface area (Å²) in [7, 11) is 3.19. The number of hydrogen-bond donors (Lipinski definition) is 0. The lowest BCUT2D eigenvalue weighted by molar-refractivity contribution is -0.126. The quantitative estimate of drug-likeness (QED) is 0.840. The Balaban J connectivity index is 2.21. The third-order valence-electron chi connectivity index (χ3n) is 4.57. The van der Waals surface area contributed by atoms with Crippen LogP contribution in [0.2, 0.25) is 0 Å². The molecule has 0 saturated heterocycles. The van der Waals surface area contributed by atoms with Gasteiger partial charge >= 0.3 is 0 Å². The van der Waals surface area contributed by atoms with E-state index in [1.54, 1.807) is 20.5 Å². The van der Waals surface area contributed by atoms with E-state index in [-0.39, 0.29) is 11.9 Å². The fraction of sp³-hybridized carbons (Fsp3) is 0.500. The molecule has 2 aliphatic heterocycles. The Hall–Kier alpha value is -2.17. The second kappa shape index (κ2) is 4.91. The maximum absolute atomic E-state index is 13.0. The lowest BCUT2D eigenvalue weighted by Gasteiger charge is -2.32. The van der Waals surface area contributed by atoms with Gasteiger partial charge in [0.05, 0.1) is 26.2 Å². The van der Waals surface area contributed by atoms with Gasteiger partial charge in [0, 0.05) is 17.0 Å². The van der Waals surface area contributed by atoms with E-state index in [0.29, 0.717) is 11.5 Å². The Morgan fingerprint density at radius 2 is 1.83 bits per heavy atom. The van der Waals surface area contributed by atoms with Crippen LogP contribution in [-0.2, 0) is 15.1 Å². The SMILES string of the molecule is COc1cc2c(cc1OC)[C@]1(C)OC=C[C@@H]1N2C(=O)C(C)(C)C. The Bertz CT molecular complexity index is 689. The number of rotatable bonds is 2. The number of anilines is 1. The molecule has 1 aromatic rings. The van der Waals surface area contributed by atoms with Crippen molar-refractivity contribution in [1.29, 1.82) is 0 Å². The normalized spacial score (nSPS) is 25.0. The number of fused-ring (bicyclic) bond motifs is 3. The van der Waals surface area contributed by atoms with Crippen LogP contribution >= 0.6 is 0 Å². The van der Waals surface area contributed by atoms with Crippen molar-refractivity contribution in [2.45, 2.75) is 39.3 Å². The Labute approximate surface area is 136 Å². The zero-order valence-electron chi connectivity index (χ0n) is 14.5. The predicted molar refractivity (Wildman–Crippen MR) is 87.9 cm³/mol. The van der Waals surface area contributed by atoms with Crippen LogP contribution in [0.25, 0.3) is 0 Å². The zero-order valence-corrected chi connectivity index (χ0v) is 14.5. The molecule has 2 aliphatic rings.